The van der Waals surface area contributed by atoms with Gasteiger partial charge in [-0.05, 0) is 54.1 Å². The zero-order valence-corrected chi connectivity index (χ0v) is 15.9. The van der Waals surface area contributed by atoms with Crippen molar-refractivity contribution in [2.24, 2.45) is 0 Å². The number of nitrogens with zero attached hydrogens (tertiary/aromatic N) is 2. The van der Waals surface area contributed by atoms with Crippen LogP contribution in [-0.2, 0) is 0 Å². The lowest BCUT2D eigenvalue weighted by Gasteiger charge is -2.17. The quantitative estimate of drug-likeness (QED) is 0.463. The minimum atomic E-state index is -0.350. The maximum absolute atomic E-state index is 6.21. The van der Waals surface area contributed by atoms with Gasteiger partial charge in [-0.15, -0.1) is 10.2 Å². The van der Waals surface area contributed by atoms with Gasteiger partial charge in [0.25, 0.3) is 0 Å². The van der Waals surface area contributed by atoms with Crippen molar-refractivity contribution in [2.75, 3.05) is 12.4 Å². The molecule has 3 aromatic carbocycles. The average Bonchev–Trinajstić information content (AvgIpc) is 3.23. The van der Waals surface area contributed by atoms with Crippen molar-refractivity contribution in [1.29, 1.82) is 0 Å². The van der Waals surface area contributed by atoms with Crippen LogP contribution in [-0.4, -0.2) is 17.3 Å². The molecule has 1 heterocycles. The Kier molecular flexibility index (Phi) is 5.26. The number of benzene rings is 3. The Hall–Kier alpha value is -3.31. The number of halogens is 1. The largest absolute Gasteiger partial charge is 0.497 e. The molecule has 5 nitrogen and oxygen atoms in total. The molecule has 0 aliphatic heterocycles. The van der Waals surface area contributed by atoms with Crippen LogP contribution in [0, 0.1) is 0 Å². The average molecular weight is 392 g/mol. The number of nitrogens with one attached hydrogen (secondary N) is 1. The zero-order valence-electron chi connectivity index (χ0n) is 15.2. The Morgan fingerprint density at radius 2 is 1.71 bits per heavy atom. The molecule has 0 aliphatic carbocycles. The zero-order chi connectivity index (χ0) is 19.3. The summed E-state index contributed by atoms with van der Waals surface area (Å²) < 4.78 is 11.2. The van der Waals surface area contributed by atoms with E-state index in [1.165, 1.54) is 0 Å². The van der Waals surface area contributed by atoms with E-state index in [1.54, 1.807) is 7.11 Å². The molecule has 0 fully saturated rings. The number of methoxy groups -OCH3 is 1. The highest BCUT2D eigenvalue weighted by molar-refractivity contribution is 6.30. The van der Waals surface area contributed by atoms with E-state index in [9.17, 15) is 0 Å². The molecule has 0 spiro atoms. The topological polar surface area (TPSA) is 60.2 Å². The summed E-state index contributed by atoms with van der Waals surface area (Å²) in [6, 6.07) is 24.6. The van der Waals surface area contributed by atoms with Crippen LogP contribution >= 0.6 is 11.6 Å². The molecule has 140 valence electrons. The molecule has 28 heavy (non-hydrogen) atoms. The molecule has 1 N–H and O–H groups in total. The maximum Gasteiger partial charge on any atom is 0.247 e. The molecule has 0 radical (unpaired) electrons. The van der Waals surface area contributed by atoms with Crippen LogP contribution in [0.4, 0.5) is 5.69 Å². The molecule has 0 aliphatic rings. The smallest absolute Gasteiger partial charge is 0.247 e. The van der Waals surface area contributed by atoms with Crippen molar-refractivity contribution < 1.29 is 9.15 Å². The highest BCUT2D eigenvalue weighted by Gasteiger charge is 2.22. The van der Waals surface area contributed by atoms with Gasteiger partial charge in [0.05, 0.1) is 7.11 Å². The van der Waals surface area contributed by atoms with Crippen molar-refractivity contribution in [3.63, 3.8) is 0 Å². The van der Waals surface area contributed by atoms with E-state index in [0.717, 1.165) is 22.6 Å². The molecule has 1 atom stereocenters. The van der Waals surface area contributed by atoms with Gasteiger partial charge in [0.1, 0.15) is 11.8 Å². The number of hydrogen-bond donors (Lipinski definition) is 1. The van der Waals surface area contributed by atoms with Crippen LogP contribution in [0.1, 0.15) is 17.5 Å². The van der Waals surface area contributed by atoms with Gasteiger partial charge in [0.15, 0.2) is 0 Å². The number of ether oxygens (including phenoxy) is 1. The van der Waals surface area contributed by atoms with Gasteiger partial charge < -0.3 is 14.5 Å². The highest BCUT2D eigenvalue weighted by atomic mass is 35.5. The predicted octanol–water partition coefficient (Wildman–Crippen LogP) is 5.60. The molecule has 0 amide bonds. The van der Waals surface area contributed by atoms with Crippen molar-refractivity contribution in [2.45, 2.75) is 6.04 Å². The van der Waals surface area contributed by atoms with Gasteiger partial charge in [-0.1, -0.05) is 41.9 Å². The summed E-state index contributed by atoms with van der Waals surface area (Å²) in [5.74, 6) is 1.71. The van der Waals surface area contributed by atoms with E-state index in [1.807, 2.05) is 78.9 Å². The number of aromatic nitrogens is 2. The fourth-order valence-corrected chi connectivity index (χ4v) is 3.08. The van der Waals surface area contributed by atoms with E-state index in [4.69, 9.17) is 20.8 Å². The summed E-state index contributed by atoms with van der Waals surface area (Å²) in [6.45, 7) is 0. The first-order valence-corrected chi connectivity index (χ1v) is 9.15. The van der Waals surface area contributed by atoms with Crippen molar-refractivity contribution in [1.82, 2.24) is 10.2 Å². The minimum absolute atomic E-state index is 0.350. The third-order valence-electron chi connectivity index (χ3n) is 4.29. The van der Waals surface area contributed by atoms with E-state index in [-0.39, 0.29) is 6.04 Å². The highest BCUT2D eigenvalue weighted by Crippen LogP contribution is 2.30. The van der Waals surface area contributed by atoms with Crippen molar-refractivity contribution in [3.8, 4) is 17.2 Å². The molecule has 0 saturated heterocycles. The van der Waals surface area contributed by atoms with Gasteiger partial charge >= 0.3 is 0 Å². The van der Waals surface area contributed by atoms with Crippen LogP contribution in [0.15, 0.2) is 83.3 Å². The second-order valence-electron chi connectivity index (χ2n) is 6.17. The normalized spacial score (nSPS) is 11.8. The Labute approximate surface area is 168 Å². The van der Waals surface area contributed by atoms with Crippen LogP contribution in [0.5, 0.6) is 5.75 Å². The van der Waals surface area contributed by atoms with E-state index in [2.05, 4.69) is 15.5 Å². The van der Waals surface area contributed by atoms with Crippen LogP contribution in [0.25, 0.3) is 11.5 Å². The van der Waals surface area contributed by atoms with E-state index in [0.29, 0.717) is 16.8 Å². The lowest BCUT2D eigenvalue weighted by atomic mass is 10.1. The minimum Gasteiger partial charge on any atom is -0.497 e. The Bertz CT molecular complexity index is 1050. The fourth-order valence-electron chi connectivity index (χ4n) is 2.88. The Morgan fingerprint density at radius 3 is 2.43 bits per heavy atom. The summed E-state index contributed by atoms with van der Waals surface area (Å²) in [5, 5.41) is 12.6. The summed E-state index contributed by atoms with van der Waals surface area (Å²) in [5.41, 5.74) is 2.69. The lowest BCUT2D eigenvalue weighted by Crippen LogP contribution is -2.13. The first-order chi connectivity index (χ1) is 13.7. The van der Waals surface area contributed by atoms with Gasteiger partial charge in [-0.3, -0.25) is 0 Å². The Morgan fingerprint density at radius 1 is 0.929 bits per heavy atom. The van der Waals surface area contributed by atoms with Crippen LogP contribution in [0.2, 0.25) is 5.02 Å². The standard InChI is InChI=1S/C22H18ClN3O2/c1-27-19-12-10-18(11-13-19)24-20(16-8-5-9-17(23)14-16)22-26-25-21(28-22)15-6-3-2-4-7-15/h2-14,20,24H,1H3/t20-/m0/s1. The second kappa shape index (κ2) is 8.15. The molecule has 6 heteroatoms. The molecule has 1 aromatic heterocycles. The van der Waals surface area contributed by atoms with Gasteiger partial charge in [-0.25, -0.2) is 0 Å². The maximum atomic E-state index is 6.21. The molecular formula is C22H18ClN3O2. The molecular weight excluding hydrogens is 374 g/mol. The van der Waals surface area contributed by atoms with Crippen molar-refractivity contribution >= 4 is 17.3 Å². The summed E-state index contributed by atoms with van der Waals surface area (Å²) in [4.78, 5) is 0. The molecule has 4 rings (SSSR count). The van der Waals surface area contributed by atoms with Gasteiger partial charge in [-0.2, -0.15) is 0 Å². The summed E-state index contributed by atoms with van der Waals surface area (Å²) >= 11 is 6.21. The predicted molar refractivity (Wildman–Crippen MR) is 110 cm³/mol. The fraction of sp³-hybridized carbons (Fsp3) is 0.0909. The van der Waals surface area contributed by atoms with Crippen LogP contribution in [0.3, 0.4) is 0 Å². The summed E-state index contributed by atoms with van der Waals surface area (Å²) in [6.07, 6.45) is 0. The lowest BCUT2D eigenvalue weighted by molar-refractivity contribution is 0.415. The number of hydrogen-bond acceptors (Lipinski definition) is 5. The first kappa shape index (κ1) is 18.1. The summed E-state index contributed by atoms with van der Waals surface area (Å²) in [7, 11) is 1.64. The SMILES string of the molecule is COc1ccc(N[C@@H](c2cccc(Cl)c2)c2nnc(-c3ccccc3)o2)cc1. The van der Waals surface area contributed by atoms with E-state index < -0.39 is 0 Å². The second-order valence-corrected chi connectivity index (χ2v) is 6.61. The monoisotopic (exact) mass is 391 g/mol. The third-order valence-corrected chi connectivity index (χ3v) is 4.53. The Balaban J connectivity index is 1.69. The van der Waals surface area contributed by atoms with Gasteiger partial charge in [0, 0.05) is 16.3 Å². The van der Waals surface area contributed by atoms with Gasteiger partial charge in [0.2, 0.25) is 11.8 Å². The number of rotatable bonds is 6. The molecule has 4 aromatic rings. The molecule has 0 saturated carbocycles. The van der Waals surface area contributed by atoms with E-state index >= 15 is 0 Å². The number of anilines is 1. The third kappa shape index (κ3) is 4.00. The van der Waals surface area contributed by atoms with Crippen molar-refractivity contribution in [3.05, 3.63) is 95.3 Å². The molecule has 0 bridgehead atoms. The van der Waals surface area contributed by atoms with Crippen LogP contribution < -0.4 is 10.1 Å². The molecule has 0 unspecified atom stereocenters. The first-order valence-electron chi connectivity index (χ1n) is 8.78.